The van der Waals surface area contributed by atoms with Gasteiger partial charge in [0.25, 0.3) is 0 Å². The molecule has 0 fully saturated rings. The second kappa shape index (κ2) is 7.26. The van der Waals surface area contributed by atoms with E-state index in [4.69, 9.17) is 21.4 Å². The lowest BCUT2D eigenvalue weighted by Crippen LogP contribution is -2.37. The molecule has 0 saturated heterocycles. The molecule has 0 aliphatic carbocycles. The van der Waals surface area contributed by atoms with Gasteiger partial charge in [0.1, 0.15) is 0 Å². The van der Waals surface area contributed by atoms with Gasteiger partial charge in [0, 0.05) is 0 Å². The Hall–Kier alpha value is -0.850. The fourth-order valence-corrected chi connectivity index (χ4v) is 0.443. The first-order valence-electron chi connectivity index (χ1n) is 3.26. The van der Waals surface area contributed by atoms with Crippen LogP contribution in [0.1, 0.15) is 0 Å². The van der Waals surface area contributed by atoms with E-state index in [2.05, 4.69) is 10.4 Å². The molecule has 0 saturated carbocycles. The average molecular weight is 162 g/mol. The van der Waals surface area contributed by atoms with Crippen LogP contribution in [0.25, 0.3) is 0 Å². The van der Waals surface area contributed by atoms with Gasteiger partial charge in [-0.3, -0.25) is 5.43 Å². The van der Waals surface area contributed by atoms with E-state index < -0.39 is 0 Å². The predicted molar refractivity (Wildman–Crippen MR) is 41.7 cm³/mol. The molecule has 6 N–H and O–H groups in total. The maximum absolute atomic E-state index is 8.30. The standard InChI is InChI=1S/C5H14N4O2/c6-5(9-7)8-1-3-11-4-2-10/h10H,1-4,7H2,(H3,6,8,9). The molecular formula is C5H14N4O2. The molecule has 0 rings (SSSR count). The molecule has 0 radical (unpaired) electrons. The minimum atomic E-state index is 0.0222. The van der Waals surface area contributed by atoms with Crippen LogP contribution in [0.3, 0.4) is 0 Å². The van der Waals surface area contributed by atoms with Gasteiger partial charge in [-0.2, -0.15) is 0 Å². The second-order valence-corrected chi connectivity index (χ2v) is 1.75. The highest BCUT2D eigenvalue weighted by Gasteiger charge is 1.86. The lowest BCUT2D eigenvalue weighted by Gasteiger charge is -1.99. The molecule has 0 aromatic heterocycles. The van der Waals surface area contributed by atoms with E-state index in [-0.39, 0.29) is 12.6 Å². The van der Waals surface area contributed by atoms with E-state index in [1.54, 1.807) is 0 Å². The molecule has 0 atom stereocenters. The van der Waals surface area contributed by atoms with Crippen molar-refractivity contribution in [3.63, 3.8) is 0 Å². The van der Waals surface area contributed by atoms with Gasteiger partial charge in [0.05, 0.1) is 26.4 Å². The Kier molecular flexibility index (Phi) is 6.70. The van der Waals surface area contributed by atoms with Crippen molar-refractivity contribution >= 4 is 5.96 Å². The zero-order chi connectivity index (χ0) is 8.53. The highest BCUT2D eigenvalue weighted by atomic mass is 16.5. The Morgan fingerprint density at radius 3 is 2.82 bits per heavy atom. The van der Waals surface area contributed by atoms with Gasteiger partial charge < -0.3 is 15.6 Å². The molecule has 0 aromatic rings. The number of aliphatic hydroxyl groups is 1. The fourth-order valence-electron chi connectivity index (χ4n) is 0.443. The van der Waals surface area contributed by atoms with Crippen molar-refractivity contribution in [2.24, 2.45) is 16.6 Å². The van der Waals surface area contributed by atoms with Crippen LogP contribution in [0.15, 0.2) is 4.99 Å². The SMILES string of the molecule is NNC(N)=NCCOCCO. The monoisotopic (exact) mass is 162 g/mol. The third-order valence-electron chi connectivity index (χ3n) is 0.901. The maximum atomic E-state index is 8.30. The largest absolute Gasteiger partial charge is 0.394 e. The lowest BCUT2D eigenvalue weighted by atomic mass is 10.7. The van der Waals surface area contributed by atoms with Gasteiger partial charge in [-0.25, -0.2) is 10.8 Å². The molecule has 0 aromatic carbocycles. The molecule has 6 nitrogen and oxygen atoms in total. The van der Waals surface area contributed by atoms with E-state index in [0.29, 0.717) is 19.8 Å². The summed E-state index contributed by atoms with van der Waals surface area (Å²) in [5, 5.41) is 8.30. The molecule has 0 amide bonds. The van der Waals surface area contributed by atoms with Gasteiger partial charge in [0.15, 0.2) is 0 Å². The van der Waals surface area contributed by atoms with Crippen molar-refractivity contribution in [1.82, 2.24) is 5.43 Å². The van der Waals surface area contributed by atoms with Crippen LogP contribution in [0.4, 0.5) is 0 Å². The average Bonchev–Trinajstić information content (AvgIpc) is 2.04. The van der Waals surface area contributed by atoms with Crippen molar-refractivity contribution in [2.75, 3.05) is 26.4 Å². The van der Waals surface area contributed by atoms with E-state index in [1.165, 1.54) is 0 Å². The summed E-state index contributed by atoms with van der Waals surface area (Å²) in [6.45, 7) is 1.22. The van der Waals surface area contributed by atoms with Crippen molar-refractivity contribution in [1.29, 1.82) is 0 Å². The number of hydrogen-bond acceptors (Lipinski definition) is 4. The molecule has 0 aliphatic heterocycles. The zero-order valence-corrected chi connectivity index (χ0v) is 6.29. The normalized spacial score (nSPS) is 11.6. The first kappa shape index (κ1) is 10.2. The van der Waals surface area contributed by atoms with E-state index >= 15 is 0 Å². The first-order chi connectivity index (χ1) is 5.31. The number of hydrogen-bond donors (Lipinski definition) is 4. The molecule has 11 heavy (non-hydrogen) atoms. The lowest BCUT2D eigenvalue weighted by molar-refractivity contribution is 0.0977. The van der Waals surface area contributed by atoms with Gasteiger partial charge in [-0.15, -0.1) is 0 Å². The fraction of sp³-hybridized carbons (Fsp3) is 0.800. The Morgan fingerprint density at radius 1 is 1.55 bits per heavy atom. The smallest absolute Gasteiger partial charge is 0.203 e. The number of rotatable bonds is 5. The van der Waals surface area contributed by atoms with E-state index in [1.807, 2.05) is 0 Å². The molecule has 0 heterocycles. The summed E-state index contributed by atoms with van der Waals surface area (Å²) in [5.74, 6) is 5.10. The van der Waals surface area contributed by atoms with Gasteiger partial charge in [-0.1, -0.05) is 0 Å². The quantitative estimate of drug-likeness (QED) is 0.120. The van der Waals surface area contributed by atoms with Gasteiger partial charge in [-0.05, 0) is 0 Å². The number of ether oxygens (including phenoxy) is 1. The summed E-state index contributed by atoms with van der Waals surface area (Å²) in [5.41, 5.74) is 7.38. The van der Waals surface area contributed by atoms with E-state index in [0.717, 1.165) is 0 Å². The Bertz CT molecular complexity index is 117. The predicted octanol–water partition coefficient (Wildman–Crippen LogP) is -2.23. The van der Waals surface area contributed by atoms with Crippen molar-refractivity contribution in [3.05, 3.63) is 0 Å². The molecule has 66 valence electrons. The maximum Gasteiger partial charge on any atom is 0.203 e. The molecule has 6 heteroatoms. The van der Waals surface area contributed by atoms with Crippen LogP contribution in [-0.4, -0.2) is 37.4 Å². The van der Waals surface area contributed by atoms with E-state index in [9.17, 15) is 0 Å². The van der Waals surface area contributed by atoms with Crippen LogP contribution in [-0.2, 0) is 4.74 Å². The number of nitrogens with zero attached hydrogens (tertiary/aromatic N) is 1. The highest BCUT2D eigenvalue weighted by Crippen LogP contribution is 1.74. The first-order valence-corrected chi connectivity index (χ1v) is 3.26. The molecule has 0 unspecified atom stereocenters. The highest BCUT2D eigenvalue weighted by molar-refractivity contribution is 5.77. The summed E-state index contributed by atoms with van der Waals surface area (Å²) in [6, 6.07) is 0. The van der Waals surface area contributed by atoms with Crippen LogP contribution >= 0.6 is 0 Å². The minimum absolute atomic E-state index is 0.0222. The van der Waals surface area contributed by atoms with Crippen LogP contribution in [0.2, 0.25) is 0 Å². The number of aliphatic hydroxyl groups excluding tert-OH is 1. The summed E-state index contributed by atoms with van der Waals surface area (Å²) in [6.07, 6.45) is 0. The van der Waals surface area contributed by atoms with Crippen molar-refractivity contribution < 1.29 is 9.84 Å². The molecule has 0 bridgehead atoms. The number of nitrogens with two attached hydrogens (primary N) is 2. The number of nitrogens with one attached hydrogen (secondary N) is 1. The van der Waals surface area contributed by atoms with Gasteiger partial charge >= 0.3 is 0 Å². The van der Waals surface area contributed by atoms with Crippen LogP contribution < -0.4 is 17.0 Å². The summed E-state index contributed by atoms with van der Waals surface area (Å²) < 4.78 is 4.90. The number of aliphatic imine (C=N–C) groups is 1. The Morgan fingerprint density at radius 2 is 2.27 bits per heavy atom. The minimum Gasteiger partial charge on any atom is -0.394 e. The third-order valence-corrected chi connectivity index (χ3v) is 0.901. The Labute approximate surface area is 65.2 Å². The Balaban J connectivity index is 3.12. The summed E-state index contributed by atoms with van der Waals surface area (Å²) in [4.78, 5) is 3.77. The summed E-state index contributed by atoms with van der Waals surface area (Å²) in [7, 11) is 0. The number of hydrazine groups is 1. The van der Waals surface area contributed by atoms with Crippen LogP contribution in [0, 0.1) is 0 Å². The summed E-state index contributed by atoms with van der Waals surface area (Å²) >= 11 is 0. The second-order valence-electron chi connectivity index (χ2n) is 1.75. The molecular weight excluding hydrogens is 148 g/mol. The van der Waals surface area contributed by atoms with Crippen LogP contribution in [0.5, 0.6) is 0 Å². The third kappa shape index (κ3) is 7.04. The van der Waals surface area contributed by atoms with Gasteiger partial charge in [0.2, 0.25) is 5.96 Å². The zero-order valence-electron chi connectivity index (χ0n) is 6.29. The molecule has 0 spiro atoms. The van der Waals surface area contributed by atoms with Crippen molar-refractivity contribution in [3.8, 4) is 0 Å². The number of guanidine groups is 1. The van der Waals surface area contributed by atoms with Crippen molar-refractivity contribution in [2.45, 2.75) is 0 Å². The molecule has 0 aliphatic rings. The topological polar surface area (TPSA) is 106 Å².